The van der Waals surface area contributed by atoms with Crippen LogP contribution in [0.15, 0.2) is 41.4 Å². The number of amidine groups is 1. The minimum atomic E-state index is -0.258. The van der Waals surface area contributed by atoms with Crippen molar-refractivity contribution in [3.63, 3.8) is 0 Å². The van der Waals surface area contributed by atoms with Gasteiger partial charge in [-0.15, -0.1) is 0 Å². The lowest BCUT2D eigenvalue weighted by molar-refractivity contribution is -0.118. The van der Waals surface area contributed by atoms with Crippen molar-refractivity contribution < 1.29 is 4.79 Å². The van der Waals surface area contributed by atoms with Crippen LogP contribution in [0.4, 0.5) is 5.69 Å². The molecule has 0 spiro atoms. The van der Waals surface area contributed by atoms with Crippen molar-refractivity contribution in [2.24, 2.45) is 4.99 Å². The molecule has 0 bridgehead atoms. The van der Waals surface area contributed by atoms with Gasteiger partial charge in [0.25, 0.3) is 0 Å². The van der Waals surface area contributed by atoms with Gasteiger partial charge in [0.05, 0.1) is 10.9 Å². The van der Waals surface area contributed by atoms with Gasteiger partial charge in [-0.2, -0.15) is 0 Å². The van der Waals surface area contributed by atoms with Crippen LogP contribution in [-0.4, -0.2) is 16.3 Å². The zero-order chi connectivity index (χ0) is 17.3. The number of nitrogens with zero attached hydrogens (tertiary/aromatic N) is 1. The first-order valence-corrected chi connectivity index (χ1v) is 9.13. The number of hydrogen-bond donors (Lipinski definition) is 1. The number of hydrogen-bond acceptors (Lipinski definition) is 3. The number of amides is 1. The number of aliphatic imine (C=N–C) groups is 1. The molecule has 2 aromatic carbocycles. The Bertz CT molecular complexity index is 836. The number of nitrogens with one attached hydrogen (secondary N) is 1. The average Bonchev–Trinajstić information content (AvgIpc) is 2.86. The van der Waals surface area contributed by atoms with Gasteiger partial charge in [-0.3, -0.25) is 4.79 Å². The summed E-state index contributed by atoms with van der Waals surface area (Å²) in [6.07, 6.45) is 0.516. The first kappa shape index (κ1) is 17.3. The fourth-order valence-electron chi connectivity index (χ4n) is 2.40. The Morgan fingerprint density at radius 1 is 1.12 bits per heavy atom. The van der Waals surface area contributed by atoms with Gasteiger partial charge in [-0.1, -0.05) is 41.0 Å². The van der Waals surface area contributed by atoms with Crippen molar-refractivity contribution in [1.82, 2.24) is 5.32 Å². The van der Waals surface area contributed by atoms with E-state index in [1.54, 1.807) is 18.2 Å². The Kier molecular flexibility index (Phi) is 5.18. The molecule has 124 valence electrons. The van der Waals surface area contributed by atoms with Gasteiger partial charge >= 0.3 is 0 Å². The summed E-state index contributed by atoms with van der Waals surface area (Å²) in [7, 11) is 0. The minimum absolute atomic E-state index is 0.0568. The van der Waals surface area contributed by atoms with Crippen molar-refractivity contribution in [3.8, 4) is 0 Å². The molecule has 0 saturated carbocycles. The molecule has 24 heavy (non-hydrogen) atoms. The molecule has 1 atom stereocenters. The van der Waals surface area contributed by atoms with Crippen molar-refractivity contribution >= 4 is 51.7 Å². The summed E-state index contributed by atoms with van der Waals surface area (Å²) < 4.78 is 0. The van der Waals surface area contributed by atoms with Crippen LogP contribution in [0.1, 0.15) is 16.7 Å². The van der Waals surface area contributed by atoms with E-state index in [1.165, 1.54) is 22.9 Å². The van der Waals surface area contributed by atoms with Gasteiger partial charge in [0.1, 0.15) is 0 Å². The standard InChI is InChI=1S/C18H16Cl2N2OS/c1-10-3-5-14(7-11(10)2)21-18-22-17(23)16(24-18)9-12-8-13(19)4-6-15(12)20/h3-8,16H,9H2,1-2H3,(H,21,22,23)/t16-/m0/s1. The zero-order valence-electron chi connectivity index (χ0n) is 13.3. The predicted octanol–water partition coefficient (Wildman–Crippen LogP) is 5.07. The van der Waals surface area contributed by atoms with E-state index in [1.807, 2.05) is 25.1 Å². The number of thioether (sulfide) groups is 1. The smallest absolute Gasteiger partial charge is 0.239 e. The van der Waals surface area contributed by atoms with Crippen LogP contribution in [0, 0.1) is 13.8 Å². The number of rotatable bonds is 3. The van der Waals surface area contributed by atoms with Gasteiger partial charge in [0.15, 0.2) is 5.17 Å². The van der Waals surface area contributed by atoms with Crippen LogP contribution >= 0.6 is 35.0 Å². The molecule has 1 aliphatic rings. The topological polar surface area (TPSA) is 41.5 Å². The van der Waals surface area contributed by atoms with E-state index in [2.05, 4.69) is 17.2 Å². The highest BCUT2D eigenvalue weighted by atomic mass is 35.5. The van der Waals surface area contributed by atoms with Gasteiger partial charge in [-0.25, -0.2) is 4.99 Å². The summed E-state index contributed by atoms with van der Waals surface area (Å²) in [5.74, 6) is -0.0568. The third-order valence-electron chi connectivity index (χ3n) is 3.91. The molecule has 1 aliphatic heterocycles. The highest BCUT2D eigenvalue weighted by Crippen LogP contribution is 2.29. The van der Waals surface area contributed by atoms with Crippen LogP contribution in [-0.2, 0) is 11.2 Å². The van der Waals surface area contributed by atoms with Crippen LogP contribution in [0.25, 0.3) is 0 Å². The Morgan fingerprint density at radius 3 is 2.67 bits per heavy atom. The molecule has 0 aromatic heterocycles. The lowest BCUT2D eigenvalue weighted by Gasteiger charge is -2.08. The van der Waals surface area contributed by atoms with Crippen LogP contribution < -0.4 is 5.32 Å². The summed E-state index contributed by atoms with van der Waals surface area (Å²) in [6, 6.07) is 11.3. The van der Waals surface area contributed by atoms with Crippen molar-refractivity contribution in [1.29, 1.82) is 0 Å². The first-order chi connectivity index (χ1) is 11.4. The van der Waals surface area contributed by atoms with E-state index in [0.29, 0.717) is 21.6 Å². The van der Waals surface area contributed by atoms with E-state index in [-0.39, 0.29) is 11.2 Å². The molecule has 1 amide bonds. The maximum Gasteiger partial charge on any atom is 0.239 e. The van der Waals surface area contributed by atoms with Gasteiger partial charge in [-0.05, 0) is 67.3 Å². The summed E-state index contributed by atoms with van der Waals surface area (Å²) in [6.45, 7) is 4.10. The number of carbonyl (C=O) groups is 1. The molecule has 3 rings (SSSR count). The first-order valence-electron chi connectivity index (χ1n) is 7.50. The van der Waals surface area contributed by atoms with Gasteiger partial charge in [0, 0.05) is 10.0 Å². The molecular formula is C18H16Cl2N2OS. The minimum Gasteiger partial charge on any atom is -0.304 e. The average molecular weight is 379 g/mol. The molecular weight excluding hydrogens is 363 g/mol. The maximum atomic E-state index is 12.2. The second kappa shape index (κ2) is 7.18. The molecule has 0 radical (unpaired) electrons. The second-order valence-corrected chi connectivity index (χ2v) is 7.76. The monoisotopic (exact) mass is 378 g/mol. The highest BCUT2D eigenvalue weighted by molar-refractivity contribution is 8.15. The number of benzene rings is 2. The predicted molar refractivity (Wildman–Crippen MR) is 103 cm³/mol. The molecule has 1 saturated heterocycles. The fraction of sp³-hybridized carbons (Fsp3) is 0.222. The van der Waals surface area contributed by atoms with Crippen molar-refractivity contribution in [2.45, 2.75) is 25.5 Å². The molecule has 0 aliphatic carbocycles. The summed E-state index contributed by atoms with van der Waals surface area (Å²) in [4.78, 5) is 16.7. The van der Waals surface area contributed by atoms with Crippen LogP contribution in [0.5, 0.6) is 0 Å². The van der Waals surface area contributed by atoms with E-state index in [4.69, 9.17) is 23.2 Å². The Hall–Kier alpha value is -1.49. The quantitative estimate of drug-likeness (QED) is 0.809. The van der Waals surface area contributed by atoms with Gasteiger partial charge in [0.2, 0.25) is 5.91 Å². The SMILES string of the molecule is Cc1ccc(N=C2NC(=O)[C@H](Cc3cc(Cl)ccc3Cl)S2)cc1C. The third kappa shape index (κ3) is 3.94. The Balaban J connectivity index is 1.76. The number of aryl methyl sites for hydroxylation is 2. The molecule has 3 nitrogen and oxygen atoms in total. The molecule has 6 heteroatoms. The molecule has 2 aromatic rings. The molecule has 1 heterocycles. The summed E-state index contributed by atoms with van der Waals surface area (Å²) in [5.41, 5.74) is 4.09. The van der Waals surface area contributed by atoms with Crippen molar-refractivity contribution in [2.75, 3.05) is 0 Å². The molecule has 0 unspecified atom stereocenters. The normalized spacial score (nSPS) is 18.9. The van der Waals surface area contributed by atoms with Crippen LogP contribution in [0.2, 0.25) is 10.0 Å². The van der Waals surface area contributed by atoms with E-state index in [9.17, 15) is 4.79 Å². The Morgan fingerprint density at radius 2 is 1.92 bits per heavy atom. The van der Waals surface area contributed by atoms with Gasteiger partial charge < -0.3 is 5.32 Å². The third-order valence-corrected chi connectivity index (χ3v) is 5.60. The largest absolute Gasteiger partial charge is 0.304 e. The zero-order valence-corrected chi connectivity index (χ0v) is 15.6. The van der Waals surface area contributed by atoms with Crippen LogP contribution in [0.3, 0.4) is 0 Å². The summed E-state index contributed by atoms with van der Waals surface area (Å²) in [5, 5.41) is 4.43. The molecule has 1 N–H and O–H groups in total. The lowest BCUT2D eigenvalue weighted by atomic mass is 10.1. The molecule has 1 fully saturated rings. The van der Waals surface area contributed by atoms with Crippen molar-refractivity contribution in [3.05, 3.63) is 63.1 Å². The van der Waals surface area contributed by atoms with E-state index >= 15 is 0 Å². The number of halogens is 2. The Labute approximate surface area is 155 Å². The second-order valence-electron chi connectivity index (χ2n) is 5.72. The van der Waals surface area contributed by atoms with E-state index < -0.39 is 0 Å². The fourth-order valence-corrected chi connectivity index (χ4v) is 3.81. The highest BCUT2D eigenvalue weighted by Gasteiger charge is 2.30. The summed E-state index contributed by atoms with van der Waals surface area (Å²) >= 11 is 13.6. The van der Waals surface area contributed by atoms with E-state index in [0.717, 1.165) is 11.3 Å². The lowest BCUT2D eigenvalue weighted by Crippen LogP contribution is -2.26. The maximum absolute atomic E-state index is 12.2. The number of carbonyl (C=O) groups excluding carboxylic acids is 1.